The molecule has 0 amide bonds. The van der Waals surface area contributed by atoms with Crippen molar-refractivity contribution in [1.29, 1.82) is 0 Å². The number of morpholine rings is 1. The maximum atomic E-state index is 11.6. The quantitative estimate of drug-likeness (QED) is 0.680. The number of ether oxygens (including phenoxy) is 2. The summed E-state index contributed by atoms with van der Waals surface area (Å²) in [5, 5.41) is 0. The molecule has 4 heteroatoms. The van der Waals surface area contributed by atoms with Crippen LogP contribution < -0.4 is 0 Å². The average molecular weight is 213 g/mol. The van der Waals surface area contributed by atoms with Crippen molar-refractivity contribution in [2.45, 2.75) is 44.9 Å². The van der Waals surface area contributed by atoms with Gasteiger partial charge in [-0.05, 0) is 20.8 Å². The van der Waals surface area contributed by atoms with Crippen molar-refractivity contribution in [2.75, 3.05) is 19.9 Å². The van der Waals surface area contributed by atoms with Crippen LogP contribution in [0.2, 0.25) is 0 Å². The number of nitrogens with zero attached hydrogens (tertiary/aromatic N) is 1. The molecule has 0 N–H and O–H groups in total. The molecule has 0 radical (unpaired) electrons. The first-order valence-corrected chi connectivity index (χ1v) is 5.47. The monoisotopic (exact) mass is 213 g/mol. The van der Waals surface area contributed by atoms with Gasteiger partial charge in [-0.3, -0.25) is 9.69 Å². The fourth-order valence-electron chi connectivity index (χ4n) is 2.05. The standard InChI is InChI=1S/C11H19NO3/c1-11(2,3)15-7-12-8-4-10(13)9(12)6-14-5-8/h8-9H,4-7H2,1-3H3. The fraction of sp³-hybridized carbons (Fsp3) is 0.909. The minimum absolute atomic E-state index is 0.0638. The Bertz CT molecular complexity index is 259. The second-order valence-corrected chi connectivity index (χ2v) is 5.28. The van der Waals surface area contributed by atoms with Crippen LogP contribution in [0.4, 0.5) is 0 Å². The number of Topliss-reactive ketones (excluding diaryl/α,β-unsaturated/α-hetero) is 1. The van der Waals surface area contributed by atoms with Crippen LogP contribution in [0.5, 0.6) is 0 Å². The van der Waals surface area contributed by atoms with Crippen molar-refractivity contribution in [3.05, 3.63) is 0 Å². The minimum Gasteiger partial charge on any atom is -0.378 e. The van der Waals surface area contributed by atoms with Crippen molar-refractivity contribution in [3.8, 4) is 0 Å². The Balaban J connectivity index is 1.95. The molecule has 2 unspecified atom stereocenters. The van der Waals surface area contributed by atoms with Crippen LogP contribution in [-0.4, -0.2) is 48.3 Å². The summed E-state index contributed by atoms with van der Waals surface area (Å²) in [6, 6.07) is 0.171. The molecule has 2 heterocycles. The molecule has 2 atom stereocenters. The normalized spacial score (nSPS) is 32.3. The molecule has 0 aromatic heterocycles. The van der Waals surface area contributed by atoms with E-state index in [0.717, 1.165) is 0 Å². The average Bonchev–Trinajstić information content (AvgIpc) is 2.30. The molecule has 0 spiro atoms. The largest absolute Gasteiger partial charge is 0.378 e. The minimum atomic E-state index is -0.152. The first-order chi connectivity index (χ1) is 6.97. The van der Waals surface area contributed by atoms with Gasteiger partial charge < -0.3 is 9.47 Å². The highest BCUT2D eigenvalue weighted by atomic mass is 16.5. The molecule has 0 aromatic rings. The van der Waals surface area contributed by atoms with Gasteiger partial charge in [-0.15, -0.1) is 0 Å². The third kappa shape index (κ3) is 2.38. The zero-order chi connectivity index (χ0) is 11.1. The number of carbonyl (C=O) groups excluding carboxylic acids is 1. The van der Waals surface area contributed by atoms with Crippen LogP contribution >= 0.6 is 0 Å². The number of hydrogen-bond acceptors (Lipinski definition) is 4. The van der Waals surface area contributed by atoms with E-state index >= 15 is 0 Å². The molecule has 2 aliphatic heterocycles. The molecule has 4 nitrogen and oxygen atoms in total. The Morgan fingerprint density at radius 1 is 1.47 bits per heavy atom. The summed E-state index contributed by atoms with van der Waals surface area (Å²) in [5.74, 6) is 0.301. The molecule has 0 saturated carbocycles. The Labute approximate surface area is 90.5 Å². The highest BCUT2D eigenvalue weighted by molar-refractivity contribution is 5.87. The maximum absolute atomic E-state index is 11.6. The van der Waals surface area contributed by atoms with Crippen LogP contribution in [0.3, 0.4) is 0 Å². The summed E-state index contributed by atoms with van der Waals surface area (Å²) >= 11 is 0. The lowest BCUT2D eigenvalue weighted by Gasteiger charge is -2.35. The van der Waals surface area contributed by atoms with Crippen LogP contribution in [-0.2, 0) is 14.3 Å². The van der Waals surface area contributed by atoms with E-state index in [1.165, 1.54) is 0 Å². The molecule has 15 heavy (non-hydrogen) atoms. The van der Waals surface area contributed by atoms with Gasteiger partial charge in [-0.2, -0.15) is 0 Å². The van der Waals surface area contributed by atoms with Gasteiger partial charge >= 0.3 is 0 Å². The topological polar surface area (TPSA) is 38.8 Å². The number of rotatable bonds is 2. The first-order valence-electron chi connectivity index (χ1n) is 5.47. The maximum Gasteiger partial charge on any atom is 0.154 e. The zero-order valence-electron chi connectivity index (χ0n) is 9.66. The van der Waals surface area contributed by atoms with Gasteiger partial charge in [0.15, 0.2) is 5.78 Å². The molecule has 86 valence electrons. The lowest BCUT2D eigenvalue weighted by Crippen LogP contribution is -2.49. The van der Waals surface area contributed by atoms with Gasteiger partial charge in [-0.25, -0.2) is 0 Å². The smallest absolute Gasteiger partial charge is 0.154 e. The highest BCUT2D eigenvalue weighted by Gasteiger charge is 2.43. The van der Waals surface area contributed by atoms with Crippen molar-refractivity contribution in [1.82, 2.24) is 4.90 Å². The van der Waals surface area contributed by atoms with Gasteiger partial charge in [-0.1, -0.05) is 0 Å². The molecular weight excluding hydrogens is 194 g/mol. The molecule has 2 rings (SSSR count). The lowest BCUT2D eigenvalue weighted by atomic mass is 10.2. The Hall–Kier alpha value is -0.450. The van der Waals surface area contributed by atoms with Crippen molar-refractivity contribution < 1.29 is 14.3 Å². The predicted octanol–water partition coefficient (Wildman–Crippen LogP) is 0.801. The van der Waals surface area contributed by atoms with Gasteiger partial charge in [0.05, 0.1) is 24.9 Å². The van der Waals surface area contributed by atoms with Gasteiger partial charge in [0.25, 0.3) is 0 Å². The Kier molecular flexibility index (Phi) is 2.83. The SMILES string of the molecule is CC(C)(C)OCN1C2COCC1C(=O)C2. The molecule has 2 aliphatic rings. The highest BCUT2D eigenvalue weighted by Crippen LogP contribution is 2.26. The van der Waals surface area contributed by atoms with Crippen LogP contribution in [0, 0.1) is 0 Å². The van der Waals surface area contributed by atoms with Crippen LogP contribution in [0.25, 0.3) is 0 Å². The molecule has 2 fully saturated rings. The van der Waals surface area contributed by atoms with E-state index in [1.54, 1.807) is 0 Å². The third-order valence-electron chi connectivity index (χ3n) is 2.91. The second kappa shape index (κ2) is 3.85. The lowest BCUT2D eigenvalue weighted by molar-refractivity contribution is -0.133. The van der Waals surface area contributed by atoms with Gasteiger partial charge in [0, 0.05) is 12.5 Å². The van der Waals surface area contributed by atoms with E-state index in [9.17, 15) is 4.79 Å². The molecule has 0 aliphatic carbocycles. The van der Waals surface area contributed by atoms with E-state index in [1.807, 2.05) is 20.8 Å². The number of fused-ring (bicyclic) bond motifs is 2. The summed E-state index contributed by atoms with van der Waals surface area (Å²) in [7, 11) is 0. The van der Waals surface area contributed by atoms with Gasteiger partial charge in [0.2, 0.25) is 0 Å². The summed E-state index contributed by atoms with van der Waals surface area (Å²) in [4.78, 5) is 13.7. The van der Waals surface area contributed by atoms with E-state index in [-0.39, 0.29) is 17.7 Å². The molecule has 2 bridgehead atoms. The fourth-order valence-corrected chi connectivity index (χ4v) is 2.05. The summed E-state index contributed by atoms with van der Waals surface area (Å²) < 4.78 is 11.1. The van der Waals surface area contributed by atoms with Crippen molar-refractivity contribution in [3.63, 3.8) is 0 Å². The van der Waals surface area contributed by atoms with E-state index < -0.39 is 0 Å². The molecule has 0 aromatic carbocycles. The number of ketones is 1. The predicted molar refractivity (Wildman–Crippen MR) is 55.6 cm³/mol. The van der Waals surface area contributed by atoms with Crippen molar-refractivity contribution in [2.24, 2.45) is 0 Å². The van der Waals surface area contributed by atoms with E-state index in [2.05, 4.69) is 4.90 Å². The van der Waals surface area contributed by atoms with Gasteiger partial charge in [0.1, 0.15) is 6.73 Å². The number of carbonyl (C=O) groups is 1. The second-order valence-electron chi connectivity index (χ2n) is 5.28. The summed E-state index contributed by atoms with van der Waals surface area (Å²) in [5.41, 5.74) is -0.152. The third-order valence-corrected chi connectivity index (χ3v) is 2.91. The van der Waals surface area contributed by atoms with Crippen molar-refractivity contribution >= 4 is 5.78 Å². The first kappa shape index (κ1) is 11.0. The Morgan fingerprint density at radius 2 is 2.20 bits per heavy atom. The summed E-state index contributed by atoms with van der Waals surface area (Å²) in [6.07, 6.45) is 0.623. The van der Waals surface area contributed by atoms with Crippen LogP contribution in [0.1, 0.15) is 27.2 Å². The number of hydrogen-bond donors (Lipinski definition) is 0. The summed E-state index contributed by atoms with van der Waals surface area (Å²) in [6.45, 7) is 7.80. The van der Waals surface area contributed by atoms with E-state index in [4.69, 9.17) is 9.47 Å². The molecular formula is C11H19NO3. The zero-order valence-corrected chi connectivity index (χ0v) is 9.66. The molecule has 2 saturated heterocycles. The van der Waals surface area contributed by atoms with E-state index in [0.29, 0.717) is 32.1 Å². The Morgan fingerprint density at radius 3 is 2.80 bits per heavy atom. The van der Waals surface area contributed by atoms with Crippen LogP contribution in [0.15, 0.2) is 0 Å².